The molecule has 1 aliphatic heterocycles. The minimum absolute atomic E-state index is 0.0284. The Hall–Kier alpha value is -1.42. The maximum Gasteiger partial charge on any atom is 0.224 e. The lowest BCUT2D eigenvalue weighted by atomic mass is 9.90. The van der Waals surface area contributed by atoms with E-state index in [1.54, 1.807) is 6.07 Å². The van der Waals surface area contributed by atoms with Crippen LogP contribution in [0, 0.1) is 17.7 Å². The molecule has 1 heterocycles. The Balaban J connectivity index is 1.79. The second-order valence-electron chi connectivity index (χ2n) is 6.24. The molecule has 114 valence electrons. The Labute approximate surface area is 125 Å². The number of benzene rings is 1. The first-order valence-electron chi connectivity index (χ1n) is 8.01. The van der Waals surface area contributed by atoms with E-state index in [4.69, 9.17) is 0 Å². The number of hydrogen-bond acceptors (Lipinski definition) is 2. The Morgan fingerprint density at radius 2 is 2.00 bits per heavy atom. The normalized spacial score (nSPS) is 24.1. The van der Waals surface area contributed by atoms with E-state index in [0.29, 0.717) is 11.5 Å². The Morgan fingerprint density at radius 1 is 1.24 bits per heavy atom. The molecule has 2 aliphatic rings. The Bertz CT molecular complexity index is 493. The van der Waals surface area contributed by atoms with E-state index in [9.17, 15) is 9.18 Å². The van der Waals surface area contributed by atoms with Gasteiger partial charge < -0.3 is 10.6 Å². The van der Waals surface area contributed by atoms with Crippen LogP contribution in [0.15, 0.2) is 24.3 Å². The number of amides is 1. The predicted octanol–water partition coefficient (Wildman–Crippen LogP) is 2.78. The van der Waals surface area contributed by atoms with Gasteiger partial charge in [0.15, 0.2) is 0 Å². The van der Waals surface area contributed by atoms with Gasteiger partial charge in [-0.2, -0.15) is 0 Å². The zero-order valence-corrected chi connectivity index (χ0v) is 12.3. The number of hydrogen-bond donors (Lipinski definition) is 2. The van der Waals surface area contributed by atoms with Gasteiger partial charge in [0.1, 0.15) is 5.82 Å². The highest BCUT2D eigenvalue weighted by Crippen LogP contribution is 2.36. The molecule has 3 rings (SSSR count). The molecule has 1 aliphatic carbocycles. The molecule has 0 spiro atoms. The van der Waals surface area contributed by atoms with Crippen LogP contribution < -0.4 is 10.6 Å². The third-order valence-electron chi connectivity index (χ3n) is 4.84. The third kappa shape index (κ3) is 3.26. The van der Waals surface area contributed by atoms with Crippen molar-refractivity contribution in [2.24, 2.45) is 11.8 Å². The van der Waals surface area contributed by atoms with Gasteiger partial charge in [-0.1, -0.05) is 31.0 Å². The fourth-order valence-electron chi connectivity index (χ4n) is 3.62. The van der Waals surface area contributed by atoms with Gasteiger partial charge in [0.2, 0.25) is 5.91 Å². The van der Waals surface area contributed by atoms with Gasteiger partial charge in [-0.3, -0.25) is 4.79 Å². The Morgan fingerprint density at radius 3 is 2.67 bits per heavy atom. The SMILES string of the molecule is O=C(NC(c1ccccc1F)C1CCCC1)C1CCNC1. The van der Waals surface area contributed by atoms with Crippen molar-refractivity contribution >= 4 is 5.91 Å². The molecule has 2 N–H and O–H groups in total. The van der Waals surface area contributed by atoms with Crippen LogP contribution in [0.5, 0.6) is 0 Å². The van der Waals surface area contributed by atoms with Gasteiger partial charge in [-0.05, 0) is 37.8 Å². The summed E-state index contributed by atoms with van der Waals surface area (Å²) in [6, 6.07) is 6.67. The molecule has 2 fully saturated rings. The second-order valence-corrected chi connectivity index (χ2v) is 6.24. The highest BCUT2D eigenvalue weighted by Gasteiger charge is 2.32. The van der Waals surface area contributed by atoms with Crippen LogP contribution in [0.1, 0.15) is 43.7 Å². The summed E-state index contributed by atoms with van der Waals surface area (Å²) in [6.45, 7) is 1.63. The number of carbonyl (C=O) groups is 1. The number of rotatable bonds is 4. The monoisotopic (exact) mass is 290 g/mol. The van der Waals surface area contributed by atoms with Crippen molar-refractivity contribution in [1.82, 2.24) is 10.6 Å². The van der Waals surface area contributed by atoms with E-state index < -0.39 is 0 Å². The summed E-state index contributed by atoms with van der Waals surface area (Å²) in [5, 5.41) is 6.35. The van der Waals surface area contributed by atoms with Crippen molar-refractivity contribution in [3.63, 3.8) is 0 Å². The molecular weight excluding hydrogens is 267 g/mol. The summed E-state index contributed by atoms with van der Waals surface area (Å²) >= 11 is 0. The molecule has 1 saturated heterocycles. The molecule has 1 aromatic carbocycles. The smallest absolute Gasteiger partial charge is 0.224 e. The minimum atomic E-state index is -0.209. The second kappa shape index (κ2) is 6.56. The van der Waals surface area contributed by atoms with Gasteiger partial charge in [0, 0.05) is 12.1 Å². The molecule has 0 bridgehead atoms. The maximum absolute atomic E-state index is 14.2. The molecule has 4 heteroatoms. The summed E-state index contributed by atoms with van der Waals surface area (Å²) < 4.78 is 14.2. The minimum Gasteiger partial charge on any atom is -0.349 e. The molecule has 0 aromatic heterocycles. The summed E-state index contributed by atoms with van der Waals surface area (Å²) in [7, 11) is 0. The zero-order chi connectivity index (χ0) is 14.7. The molecular formula is C17H23FN2O. The molecule has 3 nitrogen and oxygen atoms in total. The van der Waals surface area contributed by atoms with Crippen molar-refractivity contribution in [2.75, 3.05) is 13.1 Å². The van der Waals surface area contributed by atoms with Gasteiger partial charge >= 0.3 is 0 Å². The third-order valence-corrected chi connectivity index (χ3v) is 4.84. The van der Waals surface area contributed by atoms with Crippen molar-refractivity contribution in [2.45, 2.75) is 38.1 Å². The average molecular weight is 290 g/mol. The van der Waals surface area contributed by atoms with Gasteiger partial charge in [0.25, 0.3) is 0 Å². The topological polar surface area (TPSA) is 41.1 Å². The van der Waals surface area contributed by atoms with E-state index in [1.807, 2.05) is 12.1 Å². The maximum atomic E-state index is 14.2. The molecule has 1 saturated carbocycles. The van der Waals surface area contributed by atoms with E-state index in [1.165, 1.54) is 18.9 Å². The number of carbonyl (C=O) groups excluding carboxylic acids is 1. The lowest BCUT2D eigenvalue weighted by Crippen LogP contribution is -2.38. The fraction of sp³-hybridized carbons (Fsp3) is 0.588. The predicted molar refractivity (Wildman–Crippen MR) is 80.2 cm³/mol. The van der Waals surface area contributed by atoms with Gasteiger partial charge in [-0.15, -0.1) is 0 Å². The zero-order valence-electron chi connectivity index (χ0n) is 12.3. The highest BCUT2D eigenvalue weighted by atomic mass is 19.1. The van der Waals surface area contributed by atoms with E-state index >= 15 is 0 Å². The summed E-state index contributed by atoms with van der Waals surface area (Å²) in [4.78, 5) is 12.4. The molecule has 1 aromatic rings. The first-order valence-corrected chi connectivity index (χ1v) is 8.01. The van der Waals surface area contributed by atoms with E-state index in [0.717, 1.165) is 32.4 Å². The van der Waals surface area contributed by atoms with Gasteiger partial charge in [0.05, 0.1) is 12.0 Å². The van der Waals surface area contributed by atoms with Gasteiger partial charge in [-0.25, -0.2) is 4.39 Å². The van der Waals surface area contributed by atoms with Crippen LogP contribution in [0.25, 0.3) is 0 Å². The van der Waals surface area contributed by atoms with E-state index in [2.05, 4.69) is 10.6 Å². The largest absolute Gasteiger partial charge is 0.349 e. The standard InChI is InChI=1S/C17H23FN2O/c18-15-8-4-3-7-14(15)16(12-5-1-2-6-12)20-17(21)13-9-10-19-11-13/h3-4,7-8,12-13,16,19H,1-2,5-6,9-11H2,(H,20,21). The van der Waals surface area contributed by atoms with Crippen molar-refractivity contribution < 1.29 is 9.18 Å². The molecule has 2 unspecified atom stereocenters. The first-order chi connectivity index (χ1) is 10.3. The lowest BCUT2D eigenvalue weighted by molar-refractivity contribution is -0.125. The van der Waals surface area contributed by atoms with Crippen molar-refractivity contribution in [1.29, 1.82) is 0 Å². The molecule has 1 amide bonds. The van der Waals surface area contributed by atoms with Crippen molar-refractivity contribution in [3.05, 3.63) is 35.6 Å². The van der Waals surface area contributed by atoms with Crippen LogP contribution in [-0.4, -0.2) is 19.0 Å². The van der Waals surface area contributed by atoms with Crippen LogP contribution in [-0.2, 0) is 4.79 Å². The number of nitrogens with one attached hydrogen (secondary N) is 2. The van der Waals surface area contributed by atoms with Crippen LogP contribution >= 0.6 is 0 Å². The molecule has 2 atom stereocenters. The summed E-state index contributed by atoms with van der Waals surface area (Å²) in [6.07, 6.45) is 5.37. The van der Waals surface area contributed by atoms with Crippen LogP contribution in [0.2, 0.25) is 0 Å². The Kier molecular flexibility index (Phi) is 4.54. The lowest BCUT2D eigenvalue weighted by Gasteiger charge is -2.27. The first kappa shape index (κ1) is 14.5. The molecule has 21 heavy (non-hydrogen) atoms. The van der Waals surface area contributed by atoms with Crippen molar-refractivity contribution in [3.8, 4) is 0 Å². The average Bonchev–Trinajstić information content (AvgIpc) is 3.18. The highest BCUT2D eigenvalue weighted by molar-refractivity contribution is 5.79. The van der Waals surface area contributed by atoms with Crippen LogP contribution in [0.4, 0.5) is 4.39 Å². The van der Waals surface area contributed by atoms with E-state index in [-0.39, 0.29) is 23.7 Å². The molecule has 0 radical (unpaired) electrons. The summed E-state index contributed by atoms with van der Waals surface area (Å²) in [5.41, 5.74) is 0.642. The number of halogens is 1. The fourth-order valence-corrected chi connectivity index (χ4v) is 3.62. The summed E-state index contributed by atoms with van der Waals surface area (Å²) in [5.74, 6) is 0.250. The quantitative estimate of drug-likeness (QED) is 0.895. The van der Waals surface area contributed by atoms with Crippen LogP contribution in [0.3, 0.4) is 0 Å².